The number of nitrogens with one attached hydrogen (secondary N) is 4. The molecule has 0 bridgehead atoms. The molecule has 10 heteroatoms. The summed E-state index contributed by atoms with van der Waals surface area (Å²) in [5.74, 6) is -0.0592. The van der Waals surface area contributed by atoms with Crippen LogP contribution in [-0.2, 0) is 4.79 Å². The first-order valence-electron chi connectivity index (χ1n) is 7.89. The van der Waals surface area contributed by atoms with Gasteiger partial charge in [-0.15, -0.1) is 5.10 Å². The Labute approximate surface area is 152 Å². The van der Waals surface area contributed by atoms with Crippen LogP contribution in [-0.4, -0.2) is 41.0 Å². The fraction of sp³-hybridized carbons (Fsp3) is 0.118. The molecular formula is C17H16N6O4. The monoisotopic (exact) mass is 368 g/mol. The van der Waals surface area contributed by atoms with Gasteiger partial charge in [0.1, 0.15) is 5.75 Å². The Bertz CT molecular complexity index is 1120. The lowest BCUT2D eigenvalue weighted by molar-refractivity contribution is -0.119. The first-order valence-corrected chi connectivity index (χ1v) is 7.89. The molecule has 0 fully saturated rings. The highest BCUT2D eigenvalue weighted by atomic mass is 16.5. The van der Waals surface area contributed by atoms with Crippen molar-refractivity contribution in [2.45, 2.75) is 0 Å². The number of nitrogens with zero attached hydrogens (tertiary/aromatic N) is 2. The number of benzene rings is 2. The minimum absolute atomic E-state index is 0.176. The van der Waals surface area contributed by atoms with Gasteiger partial charge in [0.25, 0.3) is 11.5 Å². The summed E-state index contributed by atoms with van der Waals surface area (Å²) < 4.78 is 5.35. The lowest BCUT2D eigenvalue weighted by Crippen LogP contribution is -2.31. The summed E-state index contributed by atoms with van der Waals surface area (Å²) in [7, 11) is 1.55. The molecule has 0 radical (unpaired) electrons. The minimum atomic E-state index is -0.733. The maximum Gasteiger partial charge on any atom is 0.342 e. The Morgan fingerprint density at radius 2 is 2.07 bits per heavy atom. The minimum Gasteiger partial charge on any atom is -0.496 e. The summed E-state index contributed by atoms with van der Waals surface area (Å²) in [4.78, 5) is 36.2. The number of fused-ring (bicyclic) bond motifs is 1. The Balaban J connectivity index is 1.68. The van der Waals surface area contributed by atoms with Crippen LogP contribution in [0.1, 0.15) is 5.56 Å². The van der Waals surface area contributed by atoms with Gasteiger partial charge in [-0.3, -0.25) is 14.6 Å². The highest BCUT2D eigenvalue weighted by Crippen LogP contribution is 2.26. The Kier molecular flexibility index (Phi) is 5.26. The van der Waals surface area contributed by atoms with Crippen molar-refractivity contribution in [2.24, 2.45) is 5.10 Å². The van der Waals surface area contributed by atoms with E-state index < -0.39 is 17.2 Å². The number of hydrogen-bond acceptors (Lipinski definition) is 7. The van der Waals surface area contributed by atoms with Crippen molar-refractivity contribution < 1.29 is 9.53 Å². The van der Waals surface area contributed by atoms with Crippen molar-refractivity contribution in [1.29, 1.82) is 0 Å². The number of rotatable bonds is 6. The third kappa shape index (κ3) is 4.18. The fourth-order valence-corrected chi connectivity index (χ4v) is 2.43. The largest absolute Gasteiger partial charge is 0.496 e. The molecule has 1 heterocycles. The smallest absolute Gasteiger partial charge is 0.342 e. The summed E-state index contributed by atoms with van der Waals surface area (Å²) >= 11 is 0. The predicted molar refractivity (Wildman–Crippen MR) is 100 cm³/mol. The molecule has 27 heavy (non-hydrogen) atoms. The lowest BCUT2D eigenvalue weighted by atomic mass is 10.0. The molecule has 0 aliphatic heterocycles. The van der Waals surface area contributed by atoms with Crippen molar-refractivity contribution in [3.8, 4) is 5.75 Å². The van der Waals surface area contributed by atoms with Gasteiger partial charge in [0.05, 0.1) is 19.9 Å². The second kappa shape index (κ2) is 7.95. The average molecular weight is 368 g/mol. The van der Waals surface area contributed by atoms with Crippen LogP contribution in [0.15, 0.2) is 51.1 Å². The normalized spacial score (nSPS) is 10.9. The van der Waals surface area contributed by atoms with Crippen LogP contribution in [0, 0.1) is 0 Å². The van der Waals surface area contributed by atoms with E-state index in [1.807, 2.05) is 41.4 Å². The number of anilines is 1. The molecule has 2 aromatic carbocycles. The molecule has 0 saturated carbocycles. The van der Waals surface area contributed by atoms with Crippen molar-refractivity contribution in [3.63, 3.8) is 0 Å². The second-order valence-electron chi connectivity index (χ2n) is 5.40. The van der Waals surface area contributed by atoms with Gasteiger partial charge >= 0.3 is 5.69 Å². The molecule has 0 spiro atoms. The summed E-state index contributed by atoms with van der Waals surface area (Å²) in [6.07, 6.45) is 1.49. The van der Waals surface area contributed by atoms with Crippen LogP contribution in [0.3, 0.4) is 0 Å². The van der Waals surface area contributed by atoms with E-state index in [2.05, 4.69) is 26.0 Å². The van der Waals surface area contributed by atoms with Gasteiger partial charge in [0.2, 0.25) is 5.82 Å². The number of carbonyl (C=O) groups is 1. The SMILES string of the molecule is COc1ccc2ccccc2c1/C=N\NC(=O)CNc1n[nH]c(=O)[nH]c1=O. The molecule has 10 nitrogen and oxygen atoms in total. The number of hydrogen-bond donors (Lipinski definition) is 4. The van der Waals surface area contributed by atoms with Gasteiger partial charge in [0.15, 0.2) is 0 Å². The zero-order valence-electron chi connectivity index (χ0n) is 14.3. The summed E-state index contributed by atoms with van der Waals surface area (Å²) in [6, 6.07) is 11.5. The number of methoxy groups -OCH3 is 1. The highest BCUT2D eigenvalue weighted by Gasteiger charge is 2.07. The number of carbonyl (C=O) groups excluding carboxylic acids is 1. The van der Waals surface area contributed by atoms with Gasteiger partial charge in [-0.05, 0) is 16.8 Å². The Hall–Kier alpha value is -3.95. The Morgan fingerprint density at radius 1 is 1.26 bits per heavy atom. The van der Waals surface area contributed by atoms with Crippen molar-refractivity contribution in [1.82, 2.24) is 20.6 Å². The highest BCUT2D eigenvalue weighted by molar-refractivity contribution is 6.02. The molecule has 1 amide bonds. The molecule has 1 aromatic heterocycles. The van der Waals surface area contributed by atoms with Gasteiger partial charge < -0.3 is 10.1 Å². The van der Waals surface area contributed by atoms with Gasteiger partial charge in [-0.2, -0.15) is 5.10 Å². The van der Waals surface area contributed by atoms with E-state index in [1.54, 1.807) is 7.11 Å². The average Bonchev–Trinajstić information content (AvgIpc) is 2.67. The molecule has 3 aromatic rings. The van der Waals surface area contributed by atoms with Crippen LogP contribution < -0.4 is 26.7 Å². The topological polar surface area (TPSA) is 141 Å². The van der Waals surface area contributed by atoms with Crippen LogP contribution in [0.4, 0.5) is 5.82 Å². The number of ether oxygens (including phenoxy) is 1. The number of H-pyrrole nitrogens is 2. The first kappa shape index (κ1) is 17.9. The fourth-order valence-electron chi connectivity index (χ4n) is 2.43. The van der Waals surface area contributed by atoms with Crippen LogP contribution >= 0.6 is 0 Å². The third-order valence-electron chi connectivity index (χ3n) is 3.66. The van der Waals surface area contributed by atoms with E-state index in [0.29, 0.717) is 5.75 Å². The number of amides is 1. The summed E-state index contributed by atoms with van der Waals surface area (Å²) in [5, 5.41) is 14.0. The lowest BCUT2D eigenvalue weighted by Gasteiger charge is -2.08. The van der Waals surface area contributed by atoms with Crippen molar-refractivity contribution >= 4 is 28.7 Å². The van der Waals surface area contributed by atoms with E-state index in [1.165, 1.54) is 6.21 Å². The molecule has 0 saturated heterocycles. The Morgan fingerprint density at radius 3 is 2.85 bits per heavy atom. The van der Waals surface area contributed by atoms with Crippen molar-refractivity contribution in [3.05, 3.63) is 62.8 Å². The van der Waals surface area contributed by atoms with E-state index in [9.17, 15) is 14.4 Å². The maximum atomic E-state index is 11.9. The van der Waals surface area contributed by atoms with Crippen molar-refractivity contribution in [2.75, 3.05) is 19.0 Å². The van der Waals surface area contributed by atoms with E-state index in [0.717, 1.165) is 16.3 Å². The van der Waals surface area contributed by atoms with Gasteiger partial charge in [-0.25, -0.2) is 15.3 Å². The first-order chi connectivity index (χ1) is 13.1. The third-order valence-corrected chi connectivity index (χ3v) is 3.66. The molecular weight excluding hydrogens is 352 g/mol. The van der Waals surface area contributed by atoms with Crippen LogP contribution in [0.25, 0.3) is 10.8 Å². The van der Waals surface area contributed by atoms with E-state index in [4.69, 9.17) is 4.74 Å². The van der Waals surface area contributed by atoms with Gasteiger partial charge in [-0.1, -0.05) is 30.3 Å². The summed E-state index contributed by atoms with van der Waals surface area (Å²) in [6.45, 7) is -0.258. The predicted octanol–water partition coefficient (Wildman–Crippen LogP) is 0.182. The number of hydrazone groups is 1. The standard InChI is InChI=1S/C17H16N6O4/c1-27-13-7-6-10-4-2-3-5-11(10)12(13)8-19-21-14(24)9-18-15-16(25)20-17(26)23-22-15/h2-8H,9H2,1H3,(H,18,22)(H,21,24)(H2,20,23,25,26)/b19-8-. The summed E-state index contributed by atoms with van der Waals surface area (Å²) in [5.41, 5.74) is 1.61. The second-order valence-corrected chi connectivity index (χ2v) is 5.40. The van der Waals surface area contributed by atoms with Crippen LogP contribution in [0.5, 0.6) is 5.75 Å². The molecule has 0 unspecified atom stereocenters. The van der Waals surface area contributed by atoms with Crippen LogP contribution in [0.2, 0.25) is 0 Å². The zero-order chi connectivity index (χ0) is 19.2. The molecule has 0 aliphatic rings. The molecule has 3 rings (SSSR count). The molecule has 0 atom stereocenters. The molecule has 0 aliphatic carbocycles. The quantitative estimate of drug-likeness (QED) is 0.361. The van der Waals surface area contributed by atoms with Gasteiger partial charge in [0, 0.05) is 5.56 Å². The zero-order valence-corrected chi connectivity index (χ0v) is 14.3. The van der Waals surface area contributed by atoms with E-state index >= 15 is 0 Å². The molecule has 4 N–H and O–H groups in total. The van der Waals surface area contributed by atoms with E-state index in [-0.39, 0.29) is 12.4 Å². The molecule has 138 valence electrons. The number of aromatic amines is 2. The number of aromatic nitrogens is 3. The maximum absolute atomic E-state index is 11.9.